The molecule has 1 fully saturated rings. The molecular weight excluding hydrogens is 332 g/mol. The number of nitrogens with zero attached hydrogens (tertiary/aromatic N) is 2. The molecule has 3 rings (SSSR count). The van der Waals surface area contributed by atoms with Crippen LogP contribution < -0.4 is 10.4 Å². The van der Waals surface area contributed by atoms with Crippen LogP contribution in [0.3, 0.4) is 0 Å². The van der Waals surface area contributed by atoms with Gasteiger partial charge in [-0.05, 0) is 56.5 Å². The van der Waals surface area contributed by atoms with Crippen LogP contribution in [0.5, 0.6) is 0 Å². The van der Waals surface area contributed by atoms with Crippen LogP contribution in [-0.2, 0) is 4.79 Å². The van der Waals surface area contributed by atoms with Crippen molar-refractivity contribution in [3.63, 3.8) is 0 Å². The Labute approximate surface area is 154 Å². The molecule has 0 radical (unpaired) electrons. The Hall–Kier alpha value is -2.00. The molecule has 0 amide bonds. The summed E-state index contributed by atoms with van der Waals surface area (Å²) >= 11 is 6.35. The predicted molar refractivity (Wildman–Crippen MR) is 107 cm³/mol. The number of pyridine rings is 1. The lowest BCUT2D eigenvalue weighted by molar-refractivity contribution is -0.108. The highest BCUT2D eigenvalue weighted by Gasteiger charge is 2.19. The average molecular weight is 357 g/mol. The largest absolute Gasteiger partial charge is 0.303 e. The molecule has 1 saturated carbocycles. The Balaban J connectivity index is 0.000000386. The van der Waals surface area contributed by atoms with Crippen LogP contribution >= 0.6 is 11.6 Å². The maximum atomic E-state index is 9.57. The van der Waals surface area contributed by atoms with Gasteiger partial charge in [-0.3, -0.25) is 9.98 Å². The van der Waals surface area contributed by atoms with E-state index in [0.717, 1.165) is 70.7 Å². The van der Waals surface area contributed by atoms with Crippen molar-refractivity contribution in [3.05, 3.63) is 45.1 Å². The molecule has 4 heteroatoms. The zero-order valence-corrected chi connectivity index (χ0v) is 15.7. The number of allylic oxidation sites excluding steroid dienone is 4. The topological polar surface area (TPSA) is 42.3 Å². The fourth-order valence-electron chi connectivity index (χ4n) is 2.64. The van der Waals surface area contributed by atoms with Crippen molar-refractivity contribution >= 4 is 42.5 Å². The Bertz CT molecular complexity index is 817. The van der Waals surface area contributed by atoms with Crippen molar-refractivity contribution in [2.24, 2.45) is 10.9 Å². The summed E-state index contributed by atoms with van der Waals surface area (Å²) < 4.78 is 0. The summed E-state index contributed by atoms with van der Waals surface area (Å²) in [6.07, 6.45) is 16.2. The van der Waals surface area contributed by atoms with Gasteiger partial charge in [0.05, 0.1) is 5.69 Å². The molecule has 0 unspecified atom stereocenters. The van der Waals surface area contributed by atoms with Crippen molar-refractivity contribution in [2.45, 2.75) is 46.0 Å². The molecule has 3 nitrogen and oxygen atoms in total. The fraction of sp³-hybridized carbons (Fsp3) is 0.381. The van der Waals surface area contributed by atoms with Crippen LogP contribution in [0.1, 0.15) is 50.3 Å². The van der Waals surface area contributed by atoms with Crippen LogP contribution in [0, 0.1) is 12.8 Å². The van der Waals surface area contributed by atoms with E-state index >= 15 is 0 Å². The molecule has 0 atom stereocenters. The molecule has 0 bridgehead atoms. The van der Waals surface area contributed by atoms with Crippen LogP contribution in [-0.4, -0.2) is 18.0 Å². The summed E-state index contributed by atoms with van der Waals surface area (Å²) in [5.41, 5.74) is 3.06. The lowest BCUT2D eigenvalue weighted by Crippen LogP contribution is -2.29. The van der Waals surface area contributed by atoms with Crippen molar-refractivity contribution in [2.75, 3.05) is 0 Å². The first-order valence-electron chi connectivity index (χ1n) is 8.75. The van der Waals surface area contributed by atoms with E-state index in [1.807, 2.05) is 6.20 Å². The van der Waals surface area contributed by atoms with E-state index in [1.54, 1.807) is 6.20 Å². The van der Waals surface area contributed by atoms with Gasteiger partial charge in [0, 0.05) is 34.1 Å². The van der Waals surface area contributed by atoms with Gasteiger partial charge in [-0.25, -0.2) is 0 Å². The van der Waals surface area contributed by atoms with Gasteiger partial charge < -0.3 is 4.79 Å². The summed E-state index contributed by atoms with van der Waals surface area (Å²) in [6.45, 7) is 7.73. The van der Waals surface area contributed by atoms with Gasteiger partial charge in [-0.2, -0.15) is 0 Å². The second-order valence-corrected chi connectivity index (χ2v) is 6.71. The minimum absolute atomic E-state index is 0.454. The minimum atomic E-state index is 0.454. The van der Waals surface area contributed by atoms with Gasteiger partial charge in [0.1, 0.15) is 6.29 Å². The summed E-state index contributed by atoms with van der Waals surface area (Å²) in [5, 5.41) is 3.05. The molecule has 0 spiro atoms. The maximum absolute atomic E-state index is 9.57. The minimum Gasteiger partial charge on any atom is -0.303 e. The van der Waals surface area contributed by atoms with E-state index in [1.165, 1.54) is 0 Å². The standard InChI is InChI=1S/C17H19ClN2.C4H6O/c1-4-7-13-10-20-17(12(2)15(13)11-19-3)14-8-5-6-9-16(14)18;5-3-4-1-2-4/h5,7-8,10-11H,3-4,6,9H2,1-2H3;3-4H,1-2H2/b13-7-,15-11-;. The monoisotopic (exact) mass is 356 g/mol. The van der Waals surface area contributed by atoms with Gasteiger partial charge >= 0.3 is 0 Å². The van der Waals surface area contributed by atoms with Crippen LogP contribution in [0.25, 0.3) is 17.8 Å². The molecular formula is C21H25ClN2O. The second-order valence-electron chi connectivity index (χ2n) is 6.26. The first-order valence-corrected chi connectivity index (χ1v) is 9.12. The average Bonchev–Trinajstić information content (AvgIpc) is 3.44. The lowest BCUT2D eigenvalue weighted by atomic mass is 9.99. The van der Waals surface area contributed by atoms with Crippen LogP contribution in [0.15, 0.2) is 28.4 Å². The summed E-state index contributed by atoms with van der Waals surface area (Å²) in [7, 11) is 0. The van der Waals surface area contributed by atoms with E-state index in [2.05, 4.69) is 48.8 Å². The highest BCUT2D eigenvalue weighted by molar-refractivity contribution is 6.33. The molecule has 1 aromatic rings. The predicted octanol–water partition coefficient (Wildman–Crippen LogP) is 3.91. The number of rotatable bonds is 4. The second kappa shape index (κ2) is 9.47. The molecule has 0 aromatic carbocycles. The zero-order valence-electron chi connectivity index (χ0n) is 15.0. The fourth-order valence-corrected chi connectivity index (χ4v) is 2.90. The summed E-state index contributed by atoms with van der Waals surface area (Å²) in [4.78, 5) is 18.1. The molecule has 25 heavy (non-hydrogen) atoms. The van der Waals surface area contributed by atoms with Gasteiger partial charge in [-0.1, -0.05) is 36.8 Å². The first kappa shape index (κ1) is 19.3. The Morgan fingerprint density at radius 3 is 2.72 bits per heavy atom. The van der Waals surface area contributed by atoms with E-state index in [-0.39, 0.29) is 0 Å². The molecule has 2 aliphatic rings. The maximum Gasteiger partial charge on any atom is 0.123 e. The quantitative estimate of drug-likeness (QED) is 0.606. The Kier molecular flexibility index (Phi) is 7.32. The number of aromatic nitrogens is 1. The van der Waals surface area contributed by atoms with Crippen molar-refractivity contribution < 1.29 is 4.79 Å². The summed E-state index contributed by atoms with van der Waals surface area (Å²) in [6, 6.07) is 0. The molecule has 1 heterocycles. The van der Waals surface area contributed by atoms with Gasteiger partial charge in [-0.15, -0.1) is 0 Å². The van der Waals surface area contributed by atoms with E-state index < -0.39 is 0 Å². The van der Waals surface area contributed by atoms with Crippen LogP contribution in [0.2, 0.25) is 0 Å². The van der Waals surface area contributed by atoms with E-state index in [0.29, 0.717) is 5.92 Å². The number of hydrogen-bond acceptors (Lipinski definition) is 3. The number of aldehydes is 1. The van der Waals surface area contributed by atoms with Crippen LogP contribution in [0.4, 0.5) is 0 Å². The van der Waals surface area contributed by atoms with Crippen molar-refractivity contribution in [1.82, 2.24) is 4.98 Å². The number of carbonyl (C=O) groups excluding carboxylic acids is 1. The SMILES string of the molecule is C=N/C=c1/c(C)c(C2=C(Cl)CCC=C2)nc/c1=C/CC.O=CC1CC1. The summed E-state index contributed by atoms with van der Waals surface area (Å²) in [5.74, 6) is 0.454. The van der Waals surface area contributed by atoms with E-state index in [9.17, 15) is 4.79 Å². The molecule has 132 valence electrons. The van der Waals surface area contributed by atoms with Crippen molar-refractivity contribution in [3.8, 4) is 0 Å². The van der Waals surface area contributed by atoms with Gasteiger partial charge in [0.25, 0.3) is 0 Å². The number of halogens is 1. The first-order chi connectivity index (χ1) is 12.1. The van der Waals surface area contributed by atoms with Gasteiger partial charge in [0.2, 0.25) is 0 Å². The third-order valence-electron chi connectivity index (χ3n) is 4.22. The lowest BCUT2D eigenvalue weighted by Gasteiger charge is -2.13. The molecule has 0 N–H and O–H groups in total. The Morgan fingerprint density at radius 2 is 2.20 bits per heavy atom. The Morgan fingerprint density at radius 1 is 1.44 bits per heavy atom. The molecule has 2 aliphatic carbocycles. The van der Waals surface area contributed by atoms with E-state index in [4.69, 9.17) is 11.6 Å². The normalized spacial score (nSPS) is 18.0. The molecule has 1 aromatic heterocycles. The third-order valence-corrected chi connectivity index (χ3v) is 4.62. The van der Waals surface area contributed by atoms with Gasteiger partial charge in [0.15, 0.2) is 0 Å². The third kappa shape index (κ3) is 5.23. The highest BCUT2D eigenvalue weighted by atomic mass is 35.5. The highest BCUT2D eigenvalue weighted by Crippen LogP contribution is 2.29. The zero-order chi connectivity index (χ0) is 18.2. The van der Waals surface area contributed by atoms with Crippen molar-refractivity contribution in [1.29, 1.82) is 0 Å². The molecule has 0 aliphatic heterocycles. The smallest absolute Gasteiger partial charge is 0.123 e. The number of hydrogen-bond donors (Lipinski definition) is 0. The molecule has 0 saturated heterocycles. The number of aliphatic imine (C=N–C) groups is 1. The number of carbonyl (C=O) groups is 1.